The van der Waals surface area contributed by atoms with Crippen molar-refractivity contribution >= 4 is 22.7 Å². The van der Waals surface area contributed by atoms with Crippen LogP contribution in [0.2, 0.25) is 0 Å². The summed E-state index contributed by atoms with van der Waals surface area (Å²) in [5.74, 6) is 0. The average Bonchev–Trinajstić information content (AvgIpc) is 2.05. The molecule has 0 heterocycles. The lowest BCUT2D eigenvalue weighted by Gasteiger charge is -2.00. The van der Waals surface area contributed by atoms with E-state index in [0.717, 1.165) is 6.07 Å². The van der Waals surface area contributed by atoms with Crippen molar-refractivity contribution in [3.63, 3.8) is 0 Å². The fourth-order valence-electron chi connectivity index (χ4n) is 0.770. The zero-order chi connectivity index (χ0) is 9.14. The maximum Gasteiger partial charge on any atom is 0.133 e. The van der Waals surface area contributed by atoms with Crippen molar-refractivity contribution in [2.75, 3.05) is 11.5 Å². The summed E-state index contributed by atoms with van der Waals surface area (Å²) in [6.07, 6.45) is 0. The molecule has 0 aromatic heterocycles. The zero-order valence-corrected chi connectivity index (χ0v) is 6.02. The summed E-state index contributed by atoms with van der Waals surface area (Å²) in [4.78, 5) is 20.2. The quantitative estimate of drug-likeness (QED) is 0.513. The zero-order valence-electron chi connectivity index (χ0n) is 6.02. The van der Waals surface area contributed by atoms with Crippen molar-refractivity contribution in [3.8, 4) is 0 Å². The molecular weight excluding hydrogens is 160 g/mol. The number of nitrogen functional groups attached to an aromatic ring is 2. The van der Waals surface area contributed by atoms with E-state index in [1.165, 1.54) is 6.07 Å². The third-order valence-electron chi connectivity index (χ3n) is 1.37. The Labute approximate surface area is 67.5 Å². The van der Waals surface area contributed by atoms with E-state index in [0.29, 0.717) is 0 Å². The van der Waals surface area contributed by atoms with Crippen LogP contribution in [0, 0.1) is 9.81 Å². The van der Waals surface area contributed by atoms with Gasteiger partial charge >= 0.3 is 0 Å². The molecule has 0 saturated carbocycles. The maximum atomic E-state index is 10.1. The van der Waals surface area contributed by atoms with Crippen molar-refractivity contribution < 1.29 is 0 Å². The van der Waals surface area contributed by atoms with Crippen molar-refractivity contribution in [1.82, 2.24) is 0 Å². The molecule has 0 spiro atoms. The lowest BCUT2D eigenvalue weighted by molar-refractivity contribution is 1.44. The lowest BCUT2D eigenvalue weighted by Crippen LogP contribution is -1.90. The molecule has 0 bridgehead atoms. The molecular formula is C6H6N4O2. The first kappa shape index (κ1) is 8.12. The first-order valence-corrected chi connectivity index (χ1v) is 3.04. The molecule has 1 aromatic rings. The molecule has 0 fully saturated rings. The van der Waals surface area contributed by atoms with Crippen molar-refractivity contribution in [2.45, 2.75) is 0 Å². The molecule has 0 radical (unpaired) electrons. The Hall–Kier alpha value is -1.98. The molecule has 12 heavy (non-hydrogen) atoms. The van der Waals surface area contributed by atoms with Crippen LogP contribution in [0.25, 0.3) is 0 Å². The molecule has 0 aliphatic heterocycles. The van der Waals surface area contributed by atoms with Crippen molar-refractivity contribution in [1.29, 1.82) is 0 Å². The summed E-state index contributed by atoms with van der Waals surface area (Å²) in [6, 6.07) is 2.41. The van der Waals surface area contributed by atoms with Crippen LogP contribution < -0.4 is 11.5 Å². The molecule has 1 aromatic carbocycles. The van der Waals surface area contributed by atoms with E-state index in [9.17, 15) is 9.81 Å². The van der Waals surface area contributed by atoms with Crippen LogP contribution in [0.1, 0.15) is 0 Å². The molecule has 62 valence electrons. The van der Waals surface area contributed by atoms with Gasteiger partial charge in [-0.15, -0.1) is 9.81 Å². The largest absolute Gasteiger partial charge is 0.397 e. The Morgan fingerprint density at radius 1 is 0.917 bits per heavy atom. The molecule has 0 unspecified atom stereocenters. The monoisotopic (exact) mass is 166 g/mol. The summed E-state index contributed by atoms with van der Waals surface area (Å²) >= 11 is 0. The van der Waals surface area contributed by atoms with E-state index < -0.39 is 0 Å². The minimum atomic E-state index is -0.0289. The molecule has 1 rings (SSSR count). The molecule has 4 N–H and O–H groups in total. The minimum absolute atomic E-state index is 0.0289. The van der Waals surface area contributed by atoms with Crippen LogP contribution in [-0.4, -0.2) is 0 Å². The van der Waals surface area contributed by atoms with Crippen LogP contribution in [-0.2, 0) is 0 Å². The van der Waals surface area contributed by atoms with Crippen LogP contribution in [0.4, 0.5) is 22.7 Å². The van der Waals surface area contributed by atoms with Gasteiger partial charge in [0.25, 0.3) is 0 Å². The lowest BCUT2D eigenvalue weighted by atomic mass is 10.2. The molecule has 6 heteroatoms. The smallest absolute Gasteiger partial charge is 0.133 e. The van der Waals surface area contributed by atoms with E-state index in [1.807, 2.05) is 0 Å². The standard InChI is InChI=1S/C6H6N4O2/c7-3-1-4(8)6(10-12)2-5(3)9-11/h1-2H,7-8H2. The Morgan fingerprint density at radius 3 is 1.67 bits per heavy atom. The predicted molar refractivity (Wildman–Crippen MR) is 46.2 cm³/mol. The molecule has 0 aliphatic rings. The summed E-state index contributed by atoms with van der Waals surface area (Å²) in [5.41, 5.74) is 10.9. The Balaban J connectivity index is 3.36. The van der Waals surface area contributed by atoms with E-state index >= 15 is 0 Å². The first-order valence-electron chi connectivity index (χ1n) is 3.04. The number of nitrogens with zero attached hydrogens (tertiary/aromatic N) is 2. The topological polar surface area (TPSA) is 111 Å². The number of rotatable bonds is 2. The number of benzene rings is 1. The SMILES string of the molecule is Nc1cc(N)c(N=O)cc1N=O. The fourth-order valence-corrected chi connectivity index (χ4v) is 0.770. The number of nitrogens with two attached hydrogens (primary N) is 2. The van der Waals surface area contributed by atoms with E-state index in [1.54, 1.807) is 0 Å². The van der Waals surface area contributed by atoms with Gasteiger partial charge in [-0.25, -0.2) is 0 Å². The van der Waals surface area contributed by atoms with E-state index in [2.05, 4.69) is 10.4 Å². The fraction of sp³-hybridized carbons (Fsp3) is 0. The second-order valence-corrected chi connectivity index (χ2v) is 2.15. The first-order chi connectivity index (χ1) is 5.69. The van der Waals surface area contributed by atoms with Gasteiger partial charge in [0, 0.05) is 6.07 Å². The summed E-state index contributed by atoms with van der Waals surface area (Å²) in [5, 5.41) is 5.18. The van der Waals surface area contributed by atoms with Crippen LogP contribution in [0.3, 0.4) is 0 Å². The van der Waals surface area contributed by atoms with Crippen molar-refractivity contribution in [3.05, 3.63) is 21.9 Å². The second kappa shape index (κ2) is 2.95. The van der Waals surface area contributed by atoms with Crippen LogP contribution in [0.15, 0.2) is 22.5 Å². The normalized spacial score (nSPS) is 9.33. The van der Waals surface area contributed by atoms with Crippen LogP contribution in [0.5, 0.6) is 0 Å². The Bertz CT molecular complexity index is 307. The van der Waals surface area contributed by atoms with Gasteiger partial charge in [-0.1, -0.05) is 0 Å². The molecule has 0 amide bonds. The van der Waals surface area contributed by atoms with Gasteiger partial charge in [0.15, 0.2) is 0 Å². The third-order valence-corrected chi connectivity index (χ3v) is 1.37. The highest BCUT2D eigenvalue weighted by Crippen LogP contribution is 2.32. The van der Waals surface area contributed by atoms with E-state index in [-0.39, 0.29) is 22.7 Å². The molecule has 0 saturated heterocycles. The summed E-state index contributed by atoms with van der Waals surface area (Å²) in [7, 11) is 0. The highest BCUT2D eigenvalue weighted by molar-refractivity contribution is 5.77. The van der Waals surface area contributed by atoms with Gasteiger partial charge in [-0.2, -0.15) is 0 Å². The number of hydrogen-bond donors (Lipinski definition) is 2. The predicted octanol–water partition coefficient (Wildman–Crippen LogP) is 1.65. The van der Waals surface area contributed by atoms with Gasteiger partial charge in [-0.3, -0.25) is 0 Å². The van der Waals surface area contributed by atoms with Gasteiger partial charge in [-0.05, 0) is 16.4 Å². The summed E-state index contributed by atoms with van der Waals surface area (Å²) < 4.78 is 0. The Kier molecular flexibility index (Phi) is 2.00. The van der Waals surface area contributed by atoms with Crippen LogP contribution >= 0.6 is 0 Å². The van der Waals surface area contributed by atoms with Gasteiger partial charge in [0.2, 0.25) is 0 Å². The highest BCUT2D eigenvalue weighted by Gasteiger charge is 2.05. The summed E-state index contributed by atoms with van der Waals surface area (Å²) in [6.45, 7) is 0. The third kappa shape index (κ3) is 1.22. The molecule has 0 atom stereocenters. The van der Waals surface area contributed by atoms with Gasteiger partial charge in [0.05, 0.1) is 11.4 Å². The number of hydrogen-bond acceptors (Lipinski definition) is 6. The van der Waals surface area contributed by atoms with Gasteiger partial charge < -0.3 is 11.5 Å². The van der Waals surface area contributed by atoms with Crippen molar-refractivity contribution in [2.24, 2.45) is 10.4 Å². The average molecular weight is 166 g/mol. The highest BCUT2D eigenvalue weighted by atomic mass is 16.3. The maximum absolute atomic E-state index is 10.1. The molecule has 0 aliphatic carbocycles. The number of anilines is 2. The van der Waals surface area contributed by atoms with E-state index in [4.69, 9.17) is 11.5 Å². The molecule has 6 nitrogen and oxygen atoms in total. The second-order valence-electron chi connectivity index (χ2n) is 2.15. The Morgan fingerprint density at radius 2 is 1.33 bits per heavy atom. The van der Waals surface area contributed by atoms with Gasteiger partial charge in [0.1, 0.15) is 11.4 Å². The number of nitroso groups, excluding NO2 is 2. The minimum Gasteiger partial charge on any atom is -0.397 e.